The molecule has 0 aliphatic rings. The van der Waals surface area contributed by atoms with Gasteiger partial charge in [-0.05, 0) is 44.8 Å². The molecule has 5 heteroatoms. The van der Waals surface area contributed by atoms with Crippen LogP contribution >= 0.6 is 0 Å². The number of hydrogen-bond donors (Lipinski definition) is 0. The fourth-order valence-electron chi connectivity index (χ4n) is 3.41. The summed E-state index contributed by atoms with van der Waals surface area (Å²) >= 11 is 0. The molecule has 0 aliphatic carbocycles. The quantitative estimate of drug-likeness (QED) is 0.522. The van der Waals surface area contributed by atoms with Crippen molar-refractivity contribution in [3.05, 3.63) is 71.8 Å². The molecule has 0 aliphatic heterocycles. The molecule has 0 radical (unpaired) electrons. The third-order valence-electron chi connectivity index (χ3n) is 4.78. The first-order chi connectivity index (χ1) is 13.5. The van der Waals surface area contributed by atoms with Gasteiger partial charge in [-0.15, -0.1) is 0 Å². The number of nitrogens with zero attached hydrogens (tertiary/aromatic N) is 5. The number of benzene rings is 1. The van der Waals surface area contributed by atoms with Crippen molar-refractivity contribution < 1.29 is 0 Å². The fraction of sp³-hybridized carbons (Fsp3) is 0.261. The van der Waals surface area contributed by atoms with Crippen molar-refractivity contribution in [2.75, 3.05) is 14.1 Å². The highest BCUT2D eigenvalue weighted by Gasteiger charge is 2.18. The molecule has 1 aromatic carbocycles. The summed E-state index contributed by atoms with van der Waals surface area (Å²) in [5, 5.41) is 0. The maximum atomic E-state index is 5.00. The molecule has 0 amide bonds. The fourth-order valence-corrected chi connectivity index (χ4v) is 3.41. The van der Waals surface area contributed by atoms with Crippen molar-refractivity contribution in [2.45, 2.75) is 26.8 Å². The highest BCUT2D eigenvalue weighted by Crippen LogP contribution is 2.32. The minimum atomic E-state index is 0.803. The van der Waals surface area contributed by atoms with Crippen LogP contribution in [-0.4, -0.2) is 38.3 Å². The van der Waals surface area contributed by atoms with E-state index in [-0.39, 0.29) is 0 Å². The molecule has 0 N–H and O–H groups in total. The van der Waals surface area contributed by atoms with Gasteiger partial charge in [0.25, 0.3) is 0 Å². The average Bonchev–Trinajstić information content (AvgIpc) is 3.06. The Balaban J connectivity index is 1.95. The molecule has 142 valence electrons. The summed E-state index contributed by atoms with van der Waals surface area (Å²) in [6.07, 6.45) is 4.74. The van der Waals surface area contributed by atoms with Crippen LogP contribution in [0.25, 0.3) is 28.3 Å². The smallest absolute Gasteiger partial charge is 0.138 e. The van der Waals surface area contributed by atoms with Crippen LogP contribution < -0.4 is 0 Å². The molecule has 0 bridgehead atoms. The molecule has 0 atom stereocenters. The van der Waals surface area contributed by atoms with E-state index >= 15 is 0 Å². The number of rotatable bonds is 5. The van der Waals surface area contributed by atoms with Gasteiger partial charge in [0, 0.05) is 30.9 Å². The van der Waals surface area contributed by atoms with Gasteiger partial charge in [0.2, 0.25) is 0 Å². The minimum absolute atomic E-state index is 0.803. The summed E-state index contributed by atoms with van der Waals surface area (Å²) < 4.78 is 2.14. The predicted octanol–water partition coefficient (Wildman–Crippen LogP) is 4.39. The topological polar surface area (TPSA) is 46.3 Å². The third-order valence-corrected chi connectivity index (χ3v) is 4.78. The van der Waals surface area contributed by atoms with E-state index in [0.717, 1.165) is 47.1 Å². The van der Waals surface area contributed by atoms with Crippen molar-refractivity contribution in [2.24, 2.45) is 0 Å². The molecule has 0 saturated heterocycles. The first-order valence-corrected chi connectivity index (χ1v) is 9.60. The van der Waals surface area contributed by atoms with Crippen LogP contribution in [0.3, 0.4) is 0 Å². The van der Waals surface area contributed by atoms with Gasteiger partial charge >= 0.3 is 0 Å². The molecule has 0 saturated carbocycles. The van der Waals surface area contributed by atoms with E-state index in [1.54, 1.807) is 0 Å². The maximum Gasteiger partial charge on any atom is 0.138 e. The zero-order chi connectivity index (χ0) is 19.7. The molecule has 4 aromatic rings. The van der Waals surface area contributed by atoms with Crippen LogP contribution in [0.5, 0.6) is 0 Å². The van der Waals surface area contributed by atoms with E-state index in [1.807, 2.05) is 12.3 Å². The number of fused-ring (bicyclic) bond motifs is 1. The lowest BCUT2D eigenvalue weighted by atomic mass is 10.1. The molecule has 5 nitrogen and oxygen atoms in total. The van der Waals surface area contributed by atoms with Crippen molar-refractivity contribution in [3.63, 3.8) is 0 Å². The average molecular weight is 371 g/mol. The van der Waals surface area contributed by atoms with Crippen molar-refractivity contribution in [3.8, 4) is 22.6 Å². The largest absolute Gasteiger partial charge is 0.305 e. The SMILES string of the molecule is CCc1nccc(-c2c(-c3ccc(C)cc3)nc3cc(CN(C)C)ccn23)n1. The van der Waals surface area contributed by atoms with Crippen molar-refractivity contribution >= 4 is 5.65 Å². The molecule has 0 fully saturated rings. The maximum absolute atomic E-state index is 5.00. The lowest BCUT2D eigenvalue weighted by Crippen LogP contribution is -2.10. The number of pyridine rings is 1. The van der Waals surface area contributed by atoms with Crippen LogP contribution in [0.1, 0.15) is 23.9 Å². The van der Waals surface area contributed by atoms with Crippen LogP contribution in [0.2, 0.25) is 0 Å². The van der Waals surface area contributed by atoms with E-state index in [4.69, 9.17) is 9.97 Å². The predicted molar refractivity (Wildman–Crippen MR) is 113 cm³/mol. The van der Waals surface area contributed by atoms with Crippen LogP contribution in [0.15, 0.2) is 54.9 Å². The summed E-state index contributed by atoms with van der Waals surface area (Å²) in [5.41, 5.74) is 7.35. The monoisotopic (exact) mass is 371 g/mol. The Labute approximate surface area is 165 Å². The summed E-state index contributed by atoms with van der Waals surface area (Å²) in [7, 11) is 4.15. The van der Waals surface area contributed by atoms with Gasteiger partial charge in [-0.25, -0.2) is 15.0 Å². The lowest BCUT2D eigenvalue weighted by Gasteiger charge is -2.10. The Morgan fingerprint density at radius 3 is 2.50 bits per heavy atom. The van der Waals surface area contributed by atoms with Crippen LogP contribution in [-0.2, 0) is 13.0 Å². The summed E-state index contributed by atoms with van der Waals surface area (Å²) in [5.74, 6) is 0.839. The Hall–Kier alpha value is -3.05. The molecular weight excluding hydrogens is 346 g/mol. The molecule has 3 aromatic heterocycles. The van der Waals surface area contributed by atoms with Gasteiger partial charge in [-0.1, -0.05) is 36.8 Å². The van der Waals surface area contributed by atoms with Gasteiger partial charge in [0.15, 0.2) is 0 Å². The normalized spacial score (nSPS) is 11.5. The third kappa shape index (κ3) is 3.53. The van der Waals surface area contributed by atoms with Crippen molar-refractivity contribution in [1.29, 1.82) is 0 Å². The van der Waals surface area contributed by atoms with Crippen molar-refractivity contribution in [1.82, 2.24) is 24.3 Å². The summed E-state index contributed by atoms with van der Waals surface area (Å²) in [6.45, 7) is 5.05. The number of imidazole rings is 1. The molecule has 3 heterocycles. The Morgan fingerprint density at radius 2 is 1.79 bits per heavy atom. The molecule has 0 unspecified atom stereocenters. The van der Waals surface area contributed by atoms with E-state index in [0.29, 0.717) is 0 Å². The van der Waals surface area contributed by atoms with Crippen LogP contribution in [0, 0.1) is 6.92 Å². The van der Waals surface area contributed by atoms with E-state index in [1.165, 1.54) is 11.1 Å². The Kier molecular flexibility index (Phi) is 4.92. The number of aryl methyl sites for hydroxylation is 2. The molecule has 28 heavy (non-hydrogen) atoms. The van der Waals surface area contributed by atoms with Crippen LogP contribution in [0.4, 0.5) is 0 Å². The van der Waals surface area contributed by atoms with E-state index in [2.05, 4.69) is 84.8 Å². The molecule has 4 rings (SSSR count). The zero-order valence-electron chi connectivity index (χ0n) is 16.8. The highest BCUT2D eigenvalue weighted by atomic mass is 15.1. The van der Waals surface area contributed by atoms with Gasteiger partial charge in [0.05, 0.1) is 17.1 Å². The molecule has 0 spiro atoms. The van der Waals surface area contributed by atoms with Gasteiger partial charge < -0.3 is 4.90 Å². The summed E-state index contributed by atoms with van der Waals surface area (Å²) in [4.78, 5) is 16.3. The van der Waals surface area contributed by atoms with Gasteiger partial charge in [-0.3, -0.25) is 4.40 Å². The van der Waals surface area contributed by atoms with E-state index < -0.39 is 0 Å². The Bertz CT molecular complexity index is 1110. The standard InChI is InChI=1S/C23H25N5/c1-5-20-24-12-10-19(25-20)23-22(18-8-6-16(2)7-9-18)26-21-14-17(15-27(3)4)11-13-28(21)23/h6-14H,5,15H2,1-4H3. The summed E-state index contributed by atoms with van der Waals surface area (Å²) in [6, 6.07) is 14.8. The second-order valence-corrected chi connectivity index (χ2v) is 7.39. The number of hydrogen-bond acceptors (Lipinski definition) is 4. The first kappa shape index (κ1) is 18.3. The zero-order valence-corrected chi connectivity index (χ0v) is 16.8. The second kappa shape index (κ2) is 7.52. The lowest BCUT2D eigenvalue weighted by molar-refractivity contribution is 0.402. The first-order valence-electron chi connectivity index (χ1n) is 9.60. The number of aromatic nitrogens is 4. The van der Waals surface area contributed by atoms with Gasteiger partial charge in [0.1, 0.15) is 11.5 Å². The second-order valence-electron chi connectivity index (χ2n) is 7.39. The van der Waals surface area contributed by atoms with E-state index in [9.17, 15) is 0 Å². The Morgan fingerprint density at radius 1 is 1.00 bits per heavy atom. The minimum Gasteiger partial charge on any atom is -0.305 e. The molecular formula is C23H25N5. The van der Waals surface area contributed by atoms with Gasteiger partial charge in [-0.2, -0.15) is 0 Å². The highest BCUT2D eigenvalue weighted by molar-refractivity contribution is 5.80.